The van der Waals surface area contributed by atoms with Crippen molar-refractivity contribution in [2.45, 2.75) is 44.1 Å². The van der Waals surface area contributed by atoms with Gasteiger partial charge in [-0.3, -0.25) is 0 Å². The fourth-order valence-electron chi connectivity index (χ4n) is 3.32. The number of nitrogens with zero attached hydrogens (tertiary/aromatic N) is 2. The van der Waals surface area contributed by atoms with Gasteiger partial charge in [0, 0.05) is 17.8 Å². The number of rotatable bonds is 7. The quantitative estimate of drug-likeness (QED) is 0.783. The van der Waals surface area contributed by atoms with E-state index in [9.17, 15) is 0 Å². The molecule has 1 unspecified atom stereocenters. The molecule has 118 valence electrons. The minimum atomic E-state index is 0.430. The first kappa shape index (κ1) is 16.3. The molecule has 1 fully saturated rings. The highest BCUT2D eigenvalue weighted by molar-refractivity contribution is 5.40. The molecule has 0 spiro atoms. The van der Waals surface area contributed by atoms with Crippen LogP contribution >= 0.6 is 0 Å². The van der Waals surface area contributed by atoms with Gasteiger partial charge in [-0.05, 0) is 77.0 Å². The van der Waals surface area contributed by atoms with Crippen LogP contribution in [0.1, 0.15) is 44.1 Å². The molecule has 1 aromatic carbocycles. The van der Waals surface area contributed by atoms with E-state index >= 15 is 0 Å². The number of likely N-dealkylation sites (N-methyl/N-ethyl adjacent to an activating group) is 2. The highest BCUT2D eigenvalue weighted by Crippen LogP contribution is 2.36. The van der Waals surface area contributed by atoms with Gasteiger partial charge in [0.2, 0.25) is 0 Å². The Balaban J connectivity index is 1.80. The Labute approximate surface area is 130 Å². The number of nitrogens with two attached hydrogens (primary N) is 1. The Morgan fingerprint density at radius 1 is 1.14 bits per heavy atom. The first-order chi connectivity index (χ1) is 9.93. The first-order valence-corrected chi connectivity index (χ1v) is 8.14. The lowest BCUT2D eigenvalue weighted by Gasteiger charge is -2.49. The predicted octanol–water partition coefficient (Wildman–Crippen LogP) is 3.18. The zero-order valence-corrected chi connectivity index (χ0v) is 14.1. The van der Waals surface area contributed by atoms with E-state index < -0.39 is 0 Å². The fourth-order valence-corrected chi connectivity index (χ4v) is 3.32. The van der Waals surface area contributed by atoms with Crippen molar-refractivity contribution in [3.05, 3.63) is 29.8 Å². The van der Waals surface area contributed by atoms with Gasteiger partial charge in [0.15, 0.2) is 0 Å². The van der Waals surface area contributed by atoms with Crippen molar-refractivity contribution in [3.63, 3.8) is 0 Å². The van der Waals surface area contributed by atoms with Crippen molar-refractivity contribution in [1.82, 2.24) is 9.80 Å². The second kappa shape index (κ2) is 6.80. The SMILES string of the molecule is CC(CCN(C)CC1(N(C)C)CCC1)c1ccc(N)cc1. The van der Waals surface area contributed by atoms with Crippen LogP contribution in [0.15, 0.2) is 24.3 Å². The second-order valence-electron chi connectivity index (χ2n) is 7.07. The fraction of sp³-hybridized carbons (Fsp3) is 0.667. The molecule has 0 saturated heterocycles. The molecule has 0 bridgehead atoms. The highest BCUT2D eigenvalue weighted by atomic mass is 15.2. The number of anilines is 1. The molecule has 3 heteroatoms. The van der Waals surface area contributed by atoms with E-state index in [0.29, 0.717) is 11.5 Å². The van der Waals surface area contributed by atoms with E-state index in [2.05, 4.69) is 50.0 Å². The third-order valence-electron chi connectivity index (χ3n) is 5.25. The van der Waals surface area contributed by atoms with E-state index in [4.69, 9.17) is 5.73 Å². The Morgan fingerprint density at radius 3 is 2.24 bits per heavy atom. The Kier molecular flexibility index (Phi) is 5.28. The van der Waals surface area contributed by atoms with Gasteiger partial charge in [-0.15, -0.1) is 0 Å². The van der Waals surface area contributed by atoms with Gasteiger partial charge in [0.05, 0.1) is 0 Å². The lowest BCUT2D eigenvalue weighted by molar-refractivity contribution is 0.0273. The molecule has 2 N–H and O–H groups in total. The number of hydrogen-bond acceptors (Lipinski definition) is 3. The molecule has 0 radical (unpaired) electrons. The average molecular weight is 289 g/mol. The summed E-state index contributed by atoms with van der Waals surface area (Å²) in [7, 11) is 6.72. The molecule has 0 heterocycles. The Bertz CT molecular complexity index is 434. The lowest BCUT2D eigenvalue weighted by Crippen LogP contribution is -2.56. The van der Waals surface area contributed by atoms with Crippen LogP contribution in [0.25, 0.3) is 0 Å². The zero-order valence-electron chi connectivity index (χ0n) is 14.1. The van der Waals surface area contributed by atoms with E-state index in [1.807, 2.05) is 12.1 Å². The summed E-state index contributed by atoms with van der Waals surface area (Å²) in [6.07, 6.45) is 5.27. The molecule has 1 atom stereocenters. The normalized spacial score (nSPS) is 18.8. The Hall–Kier alpha value is -1.06. The smallest absolute Gasteiger partial charge is 0.0330 e. The minimum absolute atomic E-state index is 0.430. The highest BCUT2D eigenvalue weighted by Gasteiger charge is 2.39. The number of benzene rings is 1. The molecule has 0 aliphatic heterocycles. The van der Waals surface area contributed by atoms with Crippen molar-refractivity contribution < 1.29 is 0 Å². The van der Waals surface area contributed by atoms with Gasteiger partial charge < -0.3 is 15.5 Å². The second-order valence-corrected chi connectivity index (χ2v) is 7.07. The summed E-state index contributed by atoms with van der Waals surface area (Å²) in [6, 6.07) is 8.33. The molecule has 21 heavy (non-hydrogen) atoms. The number of nitrogen functional groups attached to an aromatic ring is 1. The molecule has 1 aliphatic rings. The van der Waals surface area contributed by atoms with E-state index in [1.165, 1.54) is 37.8 Å². The van der Waals surface area contributed by atoms with Crippen molar-refractivity contribution in [2.24, 2.45) is 0 Å². The van der Waals surface area contributed by atoms with Gasteiger partial charge in [0.1, 0.15) is 0 Å². The standard InChI is InChI=1S/C18H31N3/c1-15(16-6-8-17(19)9-7-16)10-13-21(4)14-18(20(2)3)11-5-12-18/h6-9,15H,5,10-14,19H2,1-4H3. The first-order valence-electron chi connectivity index (χ1n) is 8.14. The van der Waals surface area contributed by atoms with Crippen LogP contribution in [0.3, 0.4) is 0 Å². The van der Waals surface area contributed by atoms with Crippen LogP contribution in [-0.4, -0.2) is 49.6 Å². The predicted molar refractivity (Wildman–Crippen MR) is 91.7 cm³/mol. The van der Waals surface area contributed by atoms with Crippen LogP contribution in [-0.2, 0) is 0 Å². The monoisotopic (exact) mass is 289 g/mol. The van der Waals surface area contributed by atoms with Gasteiger partial charge in [-0.2, -0.15) is 0 Å². The van der Waals surface area contributed by atoms with Crippen LogP contribution in [0.5, 0.6) is 0 Å². The van der Waals surface area contributed by atoms with Gasteiger partial charge >= 0.3 is 0 Å². The maximum absolute atomic E-state index is 5.76. The maximum atomic E-state index is 5.76. The zero-order chi connectivity index (χ0) is 15.5. The van der Waals surface area contributed by atoms with Crippen LogP contribution < -0.4 is 5.73 Å². The molecule has 0 aromatic heterocycles. The largest absolute Gasteiger partial charge is 0.399 e. The molecule has 1 aromatic rings. The van der Waals surface area contributed by atoms with Crippen LogP contribution in [0, 0.1) is 0 Å². The van der Waals surface area contributed by atoms with E-state index in [-0.39, 0.29) is 0 Å². The lowest BCUT2D eigenvalue weighted by atomic mass is 9.75. The van der Waals surface area contributed by atoms with Crippen molar-refractivity contribution >= 4 is 5.69 Å². The van der Waals surface area contributed by atoms with Gasteiger partial charge in [-0.25, -0.2) is 0 Å². The summed E-state index contributed by atoms with van der Waals surface area (Å²) < 4.78 is 0. The molecule has 3 nitrogen and oxygen atoms in total. The van der Waals surface area contributed by atoms with E-state index in [0.717, 1.165) is 12.2 Å². The van der Waals surface area contributed by atoms with E-state index in [1.54, 1.807) is 0 Å². The summed E-state index contributed by atoms with van der Waals surface area (Å²) in [5.41, 5.74) is 8.43. The number of hydrogen-bond donors (Lipinski definition) is 1. The molecule has 2 rings (SSSR count). The third-order valence-corrected chi connectivity index (χ3v) is 5.25. The topological polar surface area (TPSA) is 32.5 Å². The minimum Gasteiger partial charge on any atom is -0.399 e. The summed E-state index contributed by atoms with van der Waals surface area (Å²) >= 11 is 0. The van der Waals surface area contributed by atoms with Crippen LogP contribution in [0.4, 0.5) is 5.69 Å². The molecular weight excluding hydrogens is 258 g/mol. The summed E-state index contributed by atoms with van der Waals surface area (Å²) in [4.78, 5) is 4.93. The molecule has 1 aliphatic carbocycles. The average Bonchev–Trinajstić information content (AvgIpc) is 2.40. The van der Waals surface area contributed by atoms with Crippen molar-refractivity contribution in [1.29, 1.82) is 0 Å². The van der Waals surface area contributed by atoms with Crippen LogP contribution in [0.2, 0.25) is 0 Å². The van der Waals surface area contributed by atoms with Gasteiger partial charge in [-0.1, -0.05) is 19.1 Å². The third kappa shape index (κ3) is 3.98. The Morgan fingerprint density at radius 2 is 1.76 bits per heavy atom. The summed E-state index contributed by atoms with van der Waals surface area (Å²) in [5.74, 6) is 0.588. The van der Waals surface area contributed by atoms with Gasteiger partial charge in [0.25, 0.3) is 0 Å². The molecule has 1 saturated carbocycles. The summed E-state index contributed by atoms with van der Waals surface area (Å²) in [5, 5.41) is 0. The maximum Gasteiger partial charge on any atom is 0.0330 e. The summed E-state index contributed by atoms with van der Waals surface area (Å²) in [6.45, 7) is 4.65. The molecule has 0 amide bonds. The molecular formula is C18H31N3. The van der Waals surface area contributed by atoms with Crippen molar-refractivity contribution in [2.75, 3.05) is 40.0 Å². The van der Waals surface area contributed by atoms with Crippen molar-refractivity contribution in [3.8, 4) is 0 Å².